The SMILES string of the molecule is COc1ccc(OC)c(NC(=O)C[C@@H](C)N[C@H]2CCCc3occc32)c1. The van der Waals surface area contributed by atoms with E-state index in [1.54, 1.807) is 38.7 Å². The van der Waals surface area contributed by atoms with Crippen molar-refractivity contribution < 1.29 is 18.7 Å². The van der Waals surface area contributed by atoms with Gasteiger partial charge in [-0.2, -0.15) is 0 Å². The largest absolute Gasteiger partial charge is 0.497 e. The lowest BCUT2D eigenvalue weighted by molar-refractivity contribution is -0.116. The molecule has 1 aromatic heterocycles. The predicted molar refractivity (Wildman–Crippen MR) is 99.8 cm³/mol. The lowest BCUT2D eigenvalue weighted by Crippen LogP contribution is -2.35. The molecule has 26 heavy (non-hydrogen) atoms. The van der Waals surface area contributed by atoms with Gasteiger partial charge in [0.1, 0.15) is 17.3 Å². The van der Waals surface area contributed by atoms with Crippen LogP contribution in [-0.2, 0) is 11.2 Å². The molecular weight excluding hydrogens is 332 g/mol. The third-order valence-electron chi connectivity index (χ3n) is 4.71. The molecule has 1 aliphatic rings. The van der Waals surface area contributed by atoms with Gasteiger partial charge in [0.05, 0.1) is 26.2 Å². The molecule has 1 amide bonds. The monoisotopic (exact) mass is 358 g/mol. The molecule has 6 heteroatoms. The number of amides is 1. The Morgan fingerprint density at radius 3 is 2.92 bits per heavy atom. The van der Waals surface area contributed by atoms with Crippen molar-refractivity contribution in [3.8, 4) is 11.5 Å². The van der Waals surface area contributed by atoms with Crippen molar-refractivity contribution in [2.45, 2.75) is 44.7 Å². The Morgan fingerprint density at radius 2 is 2.15 bits per heavy atom. The van der Waals surface area contributed by atoms with E-state index >= 15 is 0 Å². The predicted octanol–water partition coefficient (Wildman–Crippen LogP) is 3.68. The van der Waals surface area contributed by atoms with Crippen molar-refractivity contribution >= 4 is 11.6 Å². The number of fused-ring (bicyclic) bond motifs is 1. The Hall–Kier alpha value is -2.47. The fraction of sp³-hybridized carbons (Fsp3) is 0.450. The molecule has 0 saturated carbocycles. The fourth-order valence-corrected chi connectivity index (χ4v) is 3.45. The summed E-state index contributed by atoms with van der Waals surface area (Å²) in [5, 5.41) is 6.47. The summed E-state index contributed by atoms with van der Waals surface area (Å²) >= 11 is 0. The number of aryl methyl sites for hydroxylation is 1. The molecule has 6 nitrogen and oxygen atoms in total. The molecule has 0 saturated heterocycles. The van der Waals surface area contributed by atoms with Crippen LogP contribution in [0.25, 0.3) is 0 Å². The zero-order valence-electron chi connectivity index (χ0n) is 15.5. The van der Waals surface area contributed by atoms with Crippen LogP contribution in [-0.4, -0.2) is 26.2 Å². The van der Waals surface area contributed by atoms with E-state index in [9.17, 15) is 4.79 Å². The second-order valence-electron chi connectivity index (χ2n) is 6.63. The Labute approximate surface area is 153 Å². The van der Waals surface area contributed by atoms with Crippen LogP contribution in [0.1, 0.15) is 43.6 Å². The maximum atomic E-state index is 12.5. The van der Waals surface area contributed by atoms with Crippen LogP contribution in [0.4, 0.5) is 5.69 Å². The van der Waals surface area contributed by atoms with Gasteiger partial charge < -0.3 is 24.5 Å². The quantitative estimate of drug-likeness (QED) is 0.790. The number of rotatable bonds is 7. The minimum absolute atomic E-state index is 0.0393. The van der Waals surface area contributed by atoms with E-state index < -0.39 is 0 Å². The first-order valence-electron chi connectivity index (χ1n) is 8.95. The Morgan fingerprint density at radius 1 is 1.31 bits per heavy atom. The average Bonchev–Trinajstić information content (AvgIpc) is 3.11. The first-order valence-corrected chi connectivity index (χ1v) is 8.95. The van der Waals surface area contributed by atoms with Gasteiger partial charge in [-0.15, -0.1) is 0 Å². The maximum absolute atomic E-state index is 12.5. The zero-order chi connectivity index (χ0) is 18.5. The van der Waals surface area contributed by atoms with Gasteiger partial charge in [-0.05, 0) is 38.0 Å². The van der Waals surface area contributed by atoms with E-state index in [1.807, 2.05) is 13.0 Å². The highest BCUT2D eigenvalue weighted by atomic mass is 16.5. The number of anilines is 1. The minimum atomic E-state index is -0.0696. The molecule has 1 aliphatic carbocycles. The van der Waals surface area contributed by atoms with Gasteiger partial charge in [0.15, 0.2) is 0 Å². The number of carbonyl (C=O) groups excluding carboxylic acids is 1. The van der Waals surface area contributed by atoms with Gasteiger partial charge in [-0.25, -0.2) is 0 Å². The van der Waals surface area contributed by atoms with Crippen LogP contribution in [0.5, 0.6) is 11.5 Å². The number of furan rings is 1. The van der Waals surface area contributed by atoms with Crippen molar-refractivity contribution in [1.29, 1.82) is 0 Å². The van der Waals surface area contributed by atoms with E-state index in [2.05, 4.69) is 10.6 Å². The van der Waals surface area contributed by atoms with E-state index in [1.165, 1.54) is 5.56 Å². The highest BCUT2D eigenvalue weighted by molar-refractivity contribution is 5.92. The van der Waals surface area contributed by atoms with E-state index in [0.29, 0.717) is 23.6 Å². The molecule has 3 rings (SSSR count). The van der Waals surface area contributed by atoms with Crippen molar-refractivity contribution in [1.82, 2.24) is 5.32 Å². The zero-order valence-corrected chi connectivity index (χ0v) is 15.5. The van der Waals surface area contributed by atoms with Gasteiger partial charge >= 0.3 is 0 Å². The minimum Gasteiger partial charge on any atom is -0.497 e. The molecule has 0 aliphatic heterocycles. The number of nitrogens with one attached hydrogen (secondary N) is 2. The molecule has 1 aromatic carbocycles. The number of ether oxygens (including phenoxy) is 2. The summed E-state index contributed by atoms with van der Waals surface area (Å²) in [5.41, 5.74) is 1.83. The number of carbonyl (C=O) groups is 1. The van der Waals surface area contributed by atoms with Crippen LogP contribution in [0.15, 0.2) is 34.9 Å². The molecule has 140 valence electrons. The van der Waals surface area contributed by atoms with Crippen LogP contribution < -0.4 is 20.1 Å². The molecular formula is C20H26N2O4. The summed E-state index contributed by atoms with van der Waals surface area (Å²) in [5.74, 6) is 2.27. The average molecular weight is 358 g/mol. The second-order valence-corrected chi connectivity index (χ2v) is 6.63. The molecule has 0 fully saturated rings. The van der Waals surface area contributed by atoms with Crippen LogP contribution in [0.3, 0.4) is 0 Å². The summed E-state index contributed by atoms with van der Waals surface area (Å²) < 4.78 is 16.1. The van der Waals surface area contributed by atoms with Gasteiger partial charge in [-0.1, -0.05) is 0 Å². The molecule has 0 radical (unpaired) electrons. The lowest BCUT2D eigenvalue weighted by Gasteiger charge is -2.26. The van der Waals surface area contributed by atoms with Gasteiger partial charge in [-0.3, -0.25) is 4.79 Å². The molecule has 2 aromatic rings. The molecule has 0 bridgehead atoms. The smallest absolute Gasteiger partial charge is 0.226 e. The van der Waals surface area contributed by atoms with Crippen molar-refractivity contribution in [2.75, 3.05) is 19.5 Å². The fourth-order valence-electron chi connectivity index (χ4n) is 3.45. The first-order chi connectivity index (χ1) is 12.6. The van der Waals surface area contributed by atoms with Crippen molar-refractivity contribution in [2.24, 2.45) is 0 Å². The van der Waals surface area contributed by atoms with Crippen LogP contribution >= 0.6 is 0 Å². The molecule has 2 N–H and O–H groups in total. The van der Waals surface area contributed by atoms with Crippen molar-refractivity contribution in [3.05, 3.63) is 41.9 Å². The first kappa shape index (κ1) is 18.3. The Kier molecular flexibility index (Phi) is 5.83. The summed E-state index contributed by atoms with van der Waals surface area (Å²) in [6.07, 6.45) is 5.26. The summed E-state index contributed by atoms with van der Waals surface area (Å²) in [6, 6.07) is 7.64. The number of hydrogen-bond acceptors (Lipinski definition) is 5. The third kappa shape index (κ3) is 4.19. The third-order valence-corrected chi connectivity index (χ3v) is 4.71. The van der Waals surface area contributed by atoms with E-state index in [4.69, 9.17) is 13.9 Å². The van der Waals surface area contributed by atoms with Crippen LogP contribution in [0.2, 0.25) is 0 Å². The highest BCUT2D eigenvalue weighted by Crippen LogP contribution is 2.31. The summed E-state index contributed by atoms with van der Waals surface area (Å²) in [4.78, 5) is 12.5. The van der Waals surface area contributed by atoms with Gasteiger partial charge in [0, 0.05) is 36.6 Å². The molecule has 2 atom stereocenters. The summed E-state index contributed by atoms with van der Waals surface area (Å²) in [7, 11) is 3.17. The molecule has 0 unspecified atom stereocenters. The highest BCUT2D eigenvalue weighted by Gasteiger charge is 2.24. The van der Waals surface area contributed by atoms with Crippen molar-refractivity contribution in [3.63, 3.8) is 0 Å². The molecule has 0 spiro atoms. The Balaban J connectivity index is 1.59. The topological polar surface area (TPSA) is 72.7 Å². The normalized spacial score (nSPS) is 17.3. The Bertz CT molecular complexity index is 756. The van der Waals surface area contributed by atoms with Crippen LogP contribution in [0, 0.1) is 0 Å². The van der Waals surface area contributed by atoms with E-state index in [0.717, 1.165) is 25.0 Å². The van der Waals surface area contributed by atoms with Gasteiger partial charge in [0.25, 0.3) is 0 Å². The summed E-state index contributed by atoms with van der Waals surface area (Å²) in [6.45, 7) is 2.02. The number of hydrogen-bond donors (Lipinski definition) is 2. The maximum Gasteiger partial charge on any atom is 0.226 e. The molecule has 1 heterocycles. The number of methoxy groups -OCH3 is 2. The second kappa shape index (κ2) is 8.27. The lowest BCUT2D eigenvalue weighted by atomic mass is 9.92. The number of benzene rings is 1. The standard InChI is InChI=1S/C20H26N2O4/c1-13(21-16-5-4-6-18-15(16)9-10-26-18)11-20(23)22-17-12-14(24-2)7-8-19(17)25-3/h7-10,12-13,16,21H,4-6,11H2,1-3H3,(H,22,23)/t13-,16+/m1/s1. The van der Waals surface area contributed by atoms with Gasteiger partial charge in [0.2, 0.25) is 5.91 Å². The van der Waals surface area contributed by atoms with E-state index in [-0.39, 0.29) is 18.0 Å².